The van der Waals surface area contributed by atoms with Gasteiger partial charge < -0.3 is 24.8 Å². The van der Waals surface area contributed by atoms with E-state index in [9.17, 15) is 35.9 Å². The van der Waals surface area contributed by atoms with Crippen LogP contribution in [0, 0.1) is 0 Å². The molecule has 44 heavy (non-hydrogen) atoms. The maximum Gasteiger partial charge on any atom is 0.573 e. The third kappa shape index (κ3) is 10.3. The first kappa shape index (κ1) is 34.4. The normalized spacial score (nSPS) is 12.6. The van der Waals surface area contributed by atoms with Crippen LogP contribution in [0.1, 0.15) is 30.0 Å². The lowest BCUT2D eigenvalue weighted by Crippen LogP contribution is -2.55. The van der Waals surface area contributed by atoms with E-state index in [1.54, 1.807) is 43.5 Å². The maximum absolute atomic E-state index is 13.6. The quantitative estimate of drug-likeness (QED) is 0.155. The summed E-state index contributed by atoms with van der Waals surface area (Å²) in [5.74, 6) is -1.47. The first-order valence-electron chi connectivity index (χ1n) is 13.3. The van der Waals surface area contributed by atoms with Crippen molar-refractivity contribution in [3.63, 3.8) is 0 Å². The topological polar surface area (TPSA) is 85.9 Å². The van der Waals surface area contributed by atoms with Gasteiger partial charge in [-0.25, -0.2) is 9.59 Å². The number of rotatable bonds is 13. The number of carbonyl (C=O) groups is 2. The second-order valence-electron chi connectivity index (χ2n) is 9.40. The number of carbonyl (C=O) groups excluding carboxylic acids is 2. The Bertz CT molecular complexity index is 1330. The van der Waals surface area contributed by atoms with Gasteiger partial charge >= 0.3 is 24.7 Å². The van der Waals surface area contributed by atoms with Gasteiger partial charge in [0, 0.05) is 6.42 Å². The number of hydrogen-bond acceptors (Lipinski definition) is 6. The molecule has 3 rings (SSSR count). The molecule has 0 saturated heterocycles. The van der Waals surface area contributed by atoms with E-state index in [1.807, 2.05) is 0 Å². The van der Waals surface area contributed by atoms with Crippen molar-refractivity contribution in [3.05, 3.63) is 95.6 Å². The minimum Gasteiger partial charge on any atom is -0.464 e. The maximum atomic E-state index is 13.6. The monoisotopic (exact) mass is 644 g/mol. The summed E-state index contributed by atoms with van der Waals surface area (Å²) < 4.78 is 92.4. The predicted molar refractivity (Wildman–Crippen MR) is 152 cm³/mol. The SMILES string of the molecule is CCOC(=O)[C@H](CCSC)NC(=O)NC(Cc1ccccc1)(c1cccc(OC(F)(F)F)c1)c1cccc(OC(F)(F)F)c1. The highest BCUT2D eigenvalue weighted by molar-refractivity contribution is 7.98. The van der Waals surface area contributed by atoms with Gasteiger partial charge in [0.2, 0.25) is 0 Å². The van der Waals surface area contributed by atoms with E-state index in [-0.39, 0.29) is 30.6 Å². The number of hydrogen-bond donors (Lipinski definition) is 2. The molecule has 7 nitrogen and oxygen atoms in total. The molecule has 0 spiro atoms. The van der Waals surface area contributed by atoms with Gasteiger partial charge in [0.15, 0.2) is 0 Å². The Balaban J connectivity index is 2.21. The lowest BCUT2D eigenvalue weighted by atomic mass is 9.77. The molecule has 14 heteroatoms. The summed E-state index contributed by atoms with van der Waals surface area (Å²) >= 11 is 1.42. The molecule has 0 bridgehead atoms. The summed E-state index contributed by atoms with van der Waals surface area (Å²) in [6.45, 7) is 1.65. The Hall–Kier alpha value is -4.07. The molecule has 1 atom stereocenters. The van der Waals surface area contributed by atoms with Crippen molar-refractivity contribution in [3.8, 4) is 11.5 Å². The first-order valence-corrected chi connectivity index (χ1v) is 14.6. The highest BCUT2D eigenvalue weighted by atomic mass is 32.2. The molecule has 0 aromatic heterocycles. The van der Waals surface area contributed by atoms with Crippen molar-refractivity contribution in [1.82, 2.24) is 10.6 Å². The second-order valence-corrected chi connectivity index (χ2v) is 10.4. The van der Waals surface area contributed by atoms with Crippen LogP contribution in [-0.2, 0) is 21.5 Å². The van der Waals surface area contributed by atoms with E-state index in [0.717, 1.165) is 24.3 Å². The van der Waals surface area contributed by atoms with Crippen LogP contribution in [0.15, 0.2) is 78.9 Å². The smallest absolute Gasteiger partial charge is 0.464 e. The van der Waals surface area contributed by atoms with E-state index in [0.29, 0.717) is 11.3 Å². The van der Waals surface area contributed by atoms with Gasteiger partial charge in [-0.05, 0) is 66.3 Å². The van der Waals surface area contributed by atoms with E-state index < -0.39 is 47.8 Å². The Morgan fingerprint density at radius 3 is 1.84 bits per heavy atom. The Kier molecular flexibility index (Phi) is 11.8. The molecule has 0 aliphatic heterocycles. The van der Waals surface area contributed by atoms with Crippen molar-refractivity contribution in [1.29, 1.82) is 0 Å². The van der Waals surface area contributed by atoms with Crippen LogP contribution in [0.25, 0.3) is 0 Å². The largest absolute Gasteiger partial charge is 0.573 e. The van der Waals surface area contributed by atoms with Crippen molar-refractivity contribution in [2.45, 2.75) is 44.1 Å². The van der Waals surface area contributed by atoms with Crippen LogP contribution in [0.5, 0.6) is 11.5 Å². The fraction of sp³-hybridized carbons (Fsp3) is 0.333. The third-order valence-electron chi connectivity index (χ3n) is 6.25. The molecule has 0 aliphatic carbocycles. The fourth-order valence-electron chi connectivity index (χ4n) is 4.49. The number of urea groups is 1. The average Bonchev–Trinajstić information content (AvgIpc) is 2.94. The summed E-state index contributed by atoms with van der Waals surface area (Å²) in [4.78, 5) is 26.3. The van der Waals surface area contributed by atoms with Gasteiger partial charge in [0.05, 0.1) is 12.1 Å². The number of thioether (sulfide) groups is 1. The first-order chi connectivity index (χ1) is 20.7. The summed E-state index contributed by atoms with van der Waals surface area (Å²) in [5.41, 5.74) is -1.15. The van der Waals surface area contributed by atoms with Crippen molar-refractivity contribution in [2.24, 2.45) is 0 Å². The number of halogens is 6. The fourth-order valence-corrected chi connectivity index (χ4v) is 4.97. The van der Waals surface area contributed by atoms with Crippen LogP contribution in [0.4, 0.5) is 31.1 Å². The molecule has 0 fully saturated rings. The molecule has 0 unspecified atom stereocenters. The van der Waals surface area contributed by atoms with Crippen LogP contribution >= 0.6 is 11.8 Å². The number of esters is 1. The molecule has 2 N–H and O–H groups in total. The third-order valence-corrected chi connectivity index (χ3v) is 6.89. The van der Waals surface area contributed by atoms with Gasteiger partial charge in [-0.1, -0.05) is 54.6 Å². The van der Waals surface area contributed by atoms with Crippen LogP contribution in [-0.4, -0.2) is 49.4 Å². The van der Waals surface area contributed by atoms with Gasteiger partial charge in [-0.2, -0.15) is 11.8 Å². The molecular weight excluding hydrogens is 614 g/mol. The number of amides is 2. The summed E-state index contributed by atoms with van der Waals surface area (Å²) in [6.07, 6.45) is -8.23. The standard InChI is InChI=1S/C30H30F6N2O5S/c1-3-41-26(39)25(15-16-44-2)37-27(40)38-28(19-20-9-5-4-6-10-20,21-11-7-13-23(17-21)42-29(31,32)33)22-12-8-14-24(18-22)43-30(34,35)36/h4-14,17-18,25H,3,15-16,19H2,1-2H3,(H2,37,38,40)/t25-/m0/s1. The zero-order valence-electron chi connectivity index (χ0n) is 23.6. The van der Waals surface area contributed by atoms with E-state index >= 15 is 0 Å². The lowest BCUT2D eigenvalue weighted by Gasteiger charge is -2.37. The number of ether oxygens (including phenoxy) is 3. The molecule has 0 aliphatic rings. The number of alkyl halides is 6. The molecule has 3 aromatic carbocycles. The summed E-state index contributed by atoms with van der Waals surface area (Å²) in [6, 6.07) is 15.9. The summed E-state index contributed by atoms with van der Waals surface area (Å²) in [5, 5.41) is 5.32. The zero-order valence-corrected chi connectivity index (χ0v) is 24.4. The minimum atomic E-state index is -5.05. The molecule has 0 saturated carbocycles. The molecule has 2 amide bonds. The zero-order chi connectivity index (χ0) is 32.4. The van der Waals surface area contributed by atoms with Crippen LogP contribution in [0.2, 0.25) is 0 Å². The van der Waals surface area contributed by atoms with E-state index in [1.165, 1.54) is 36.0 Å². The highest BCUT2D eigenvalue weighted by Crippen LogP contribution is 2.38. The second kappa shape index (κ2) is 15.1. The number of benzene rings is 3. The van der Waals surface area contributed by atoms with E-state index in [4.69, 9.17) is 4.74 Å². The van der Waals surface area contributed by atoms with E-state index in [2.05, 4.69) is 20.1 Å². The Morgan fingerprint density at radius 1 is 0.818 bits per heavy atom. The molecule has 238 valence electrons. The van der Waals surface area contributed by atoms with Gasteiger partial charge in [-0.3, -0.25) is 0 Å². The van der Waals surface area contributed by atoms with Crippen molar-refractivity contribution < 1.29 is 50.1 Å². The molecule has 0 heterocycles. The Labute approximate surface area is 254 Å². The van der Waals surface area contributed by atoms with Crippen LogP contribution in [0.3, 0.4) is 0 Å². The van der Waals surface area contributed by atoms with Crippen LogP contribution < -0.4 is 20.1 Å². The van der Waals surface area contributed by atoms with Crippen molar-refractivity contribution in [2.75, 3.05) is 18.6 Å². The van der Waals surface area contributed by atoms with Gasteiger partial charge in [0.1, 0.15) is 17.5 Å². The Morgan fingerprint density at radius 2 is 1.36 bits per heavy atom. The van der Waals surface area contributed by atoms with Gasteiger partial charge in [0.25, 0.3) is 0 Å². The molecule has 0 radical (unpaired) electrons. The average molecular weight is 645 g/mol. The minimum absolute atomic E-state index is 0.0409. The highest BCUT2D eigenvalue weighted by Gasteiger charge is 2.40. The molecular formula is C30H30F6N2O5S. The predicted octanol–water partition coefficient (Wildman–Crippen LogP) is 6.95. The number of nitrogens with one attached hydrogen (secondary N) is 2. The van der Waals surface area contributed by atoms with Crippen molar-refractivity contribution >= 4 is 23.8 Å². The lowest BCUT2D eigenvalue weighted by molar-refractivity contribution is -0.275. The molecule has 3 aromatic rings. The van der Waals surface area contributed by atoms with Gasteiger partial charge in [-0.15, -0.1) is 26.3 Å². The summed E-state index contributed by atoms with van der Waals surface area (Å²) in [7, 11) is 0.